The number of hydrogen-bond donors (Lipinski definition) is 1. The smallest absolute Gasteiger partial charge is 0.0195 e. The maximum atomic E-state index is 3.61. The van der Waals surface area contributed by atoms with Crippen molar-refractivity contribution in [1.82, 2.24) is 10.2 Å². The van der Waals surface area contributed by atoms with E-state index in [0.29, 0.717) is 0 Å². The van der Waals surface area contributed by atoms with Gasteiger partial charge in [0.1, 0.15) is 0 Å². The Bertz CT molecular complexity index is 162. The molecule has 1 saturated heterocycles. The second kappa shape index (κ2) is 8.08. The lowest BCUT2D eigenvalue weighted by Crippen LogP contribution is -2.39. The van der Waals surface area contributed by atoms with Crippen LogP contribution in [0, 0.1) is 5.92 Å². The Morgan fingerprint density at radius 1 is 1.31 bits per heavy atom. The zero-order valence-corrected chi connectivity index (χ0v) is 11.5. The van der Waals surface area contributed by atoms with E-state index in [2.05, 4.69) is 31.0 Å². The Morgan fingerprint density at radius 3 is 2.69 bits per heavy atom. The van der Waals surface area contributed by atoms with Gasteiger partial charge in [-0.3, -0.25) is 0 Å². The van der Waals surface area contributed by atoms with Crippen molar-refractivity contribution in [2.75, 3.05) is 26.2 Å². The monoisotopic (exact) mass is 226 g/mol. The van der Waals surface area contributed by atoms with Gasteiger partial charge in [-0.25, -0.2) is 0 Å². The van der Waals surface area contributed by atoms with E-state index >= 15 is 0 Å². The van der Waals surface area contributed by atoms with Crippen molar-refractivity contribution < 1.29 is 0 Å². The summed E-state index contributed by atoms with van der Waals surface area (Å²) in [4.78, 5) is 2.67. The van der Waals surface area contributed by atoms with E-state index in [4.69, 9.17) is 0 Å². The van der Waals surface area contributed by atoms with E-state index in [0.717, 1.165) is 12.0 Å². The third kappa shape index (κ3) is 5.86. The molecule has 0 aromatic heterocycles. The average molecular weight is 226 g/mol. The summed E-state index contributed by atoms with van der Waals surface area (Å²) in [5.74, 6) is 0.794. The lowest BCUT2D eigenvalue weighted by Gasteiger charge is -2.27. The van der Waals surface area contributed by atoms with Gasteiger partial charge in [-0.1, -0.05) is 33.6 Å². The van der Waals surface area contributed by atoms with Gasteiger partial charge in [0, 0.05) is 19.1 Å². The van der Waals surface area contributed by atoms with Gasteiger partial charge < -0.3 is 10.2 Å². The molecule has 0 spiro atoms. The van der Waals surface area contributed by atoms with Crippen LogP contribution in [0.15, 0.2) is 0 Å². The zero-order valence-electron chi connectivity index (χ0n) is 11.5. The van der Waals surface area contributed by atoms with Gasteiger partial charge in [-0.05, 0) is 38.3 Å². The van der Waals surface area contributed by atoms with Crippen molar-refractivity contribution in [2.45, 2.75) is 58.9 Å². The van der Waals surface area contributed by atoms with Crippen LogP contribution in [0.2, 0.25) is 0 Å². The molecule has 1 atom stereocenters. The molecule has 0 radical (unpaired) electrons. The topological polar surface area (TPSA) is 15.3 Å². The fourth-order valence-electron chi connectivity index (χ4n) is 2.58. The lowest BCUT2D eigenvalue weighted by atomic mass is 10.1. The Hall–Kier alpha value is -0.0800. The molecular formula is C14H30N2. The normalized spacial score (nSPS) is 21.2. The molecule has 96 valence electrons. The van der Waals surface area contributed by atoms with Crippen LogP contribution >= 0.6 is 0 Å². The Morgan fingerprint density at radius 2 is 2.12 bits per heavy atom. The van der Waals surface area contributed by atoms with Crippen molar-refractivity contribution >= 4 is 0 Å². The average Bonchev–Trinajstić information content (AvgIpc) is 2.69. The number of nitrogens with zero attached hydrogens (tertiary/aromatic N) is 1. The number of nitrogens with one attached hydrogen (secondary N) is 1. The summed E-state index contributed by atoms with van der Waals surface area (Å²) < 4.78 is 0. The van der Waals surface area contributed by atoms with Crippen LogP contribution in [-0.2, 0) is 0 Å². The molecule has 0 aliphatic carbocycles. The molecule has 2 heteroatoms. The van der Waals surface area contributed by atoms with Crippen LogP contribution in [0.4, 0.5) is 0 Å². The summed E-state index contributed by atoms with van der Waals surface area (Å²) >= 11 is 0. The minimum Gasteiger partial charge on any atom is -0.313 e. The van der Waals surface area contributed by atoms with Crippen LogP contribution in [-0.4, -0.2) is 37.1 Å². The van der Waals surface area contributed by atoms with Crippen molar-refractivity contribution in [3.63, 3.8) is 0 Å². The van der Waals surface area contributed by atoms with E-state index in [9.17, 15) is 0 Å². The third-order valence-electron chi connectivity index (χ3n) is 3.34. The number of hydrogen-bond acceptors (Lipinski definition) is 2. The van der Waals surface area contributed by atoms with Gasteiger partial charge in [-0.2, -0.15) is 0 Å². The van der Waals surface area contributed by atoms with E-state index in [1.54, 1.807) is 0 Å². The summed E-state index contributed by atoms with van der Waals surface area (Å²) in [5, 5.41) is 3.61. The molecule has 1 fully saturated rings. The first-order valence-corrected chi connectivity index (χ1v) is 7.18. The molecule has 0 aromatic rings. The summed E-state index contributed by atoms with van der Waals surface area (Å²) in [5.41, 5.74) is 0. The molecule has 1 rings (SSSR count). The van der Waals surface area contributed by atoms with Gasteiger partial charge in [0.2, 0.25) is 0 Å². The first-order chi connectivity index (χ1) is 7.72. The molecule has 1 aliphatic heterocycles. The number of rotatable bonds is 8. The Balaban J connectivity index is 2.24. The largest absolute Gasteiger partial charge is 0.313 e. The summed E-state index contributed by atoms with van der Waals surface area (Å²) in [6.07, 6.45) is 6.83. The van der Waals surface area contributed by atoms with Crippen LogP contribution in [0.1, 0.15) is 52.9 Å². The molecule has 16 heavy (non-hydrogen) atoms. The minimum atomic E-state index is 0.764. The van der Waals surface area contributed by atoms with Crippen LogP contribution in [0.25, 0.3) is 0 Å². The highest BCUT2D eigenvalue weighted by atomic mass is 15.2. The summed E-state index contributed by atoms with van der Waals surface area (Å²) in [6.45, 7) is 12.0. The molecule has 2 nitrogen and oxygen atoms in total. The maximum Gasteiger partial charge on any atom is 0.0195 e. The first kappa shape index (κ1) is 14.0. The van der Waals surface area contributed by atoms with E-state index in [1.165, 1.54) is 58.3 Å². The van der Waals surface area contributed by atoms with E-state index in [1.807, 2.05) is 0 Å². The molecule has 1 heterocycles. The molecule has 1 unspecified atom stereocenters. The first-order valence-electron chi connectivity index (χ1n) is 7.18. The molecule has 1 N–H and O–H groups in total. The molecule has 0 bridgehead atoms. The van der Waals surface area contributed by atoms with E-state index < -0.39 is 0 Å². The highest BCUT2D eigenvalue weighted by molar-refractivity contribution is 4.78. The molecular weight excluding hydrogens is 196 g/mol. The predicted molar refractivity (Wildman–Crippen MR) is 71.8 cm³/mol. The van der Waals surface area contributed by atoms with Crippen molar-refractivity contribution in [1.29, 1.82) is 0 Å². The van der Waals surface area contributed by atoms with Gasteiger partial charge in [0.05, 0.1) is 0 Å². The van der Waals surface area contributed by atoms with E-state index in [-0.39, 0.29) is 0 Å². The minimum absolute atomic E-state index is 0.764. The van der Waals surface area contributed by atoms with Crippen LogP contribution in [0.3, 0.4) is 0 Å². The molecule has 0 amide bonds. The third-order valence-corrected chi connectivity index (χ3v) is 3.34. The standard InChI is InChI=1S/C14H30N2/c1-4-5-6-10-16(11-13(2)3)12-14-8-7-9-15-14/h13-15H,4-12H2,1-3H3. The van der Waals surface area contributed by atoms with Gasteiger partial charge in [0.25, 0.3) is 0 Å². The highest BCUT2D eigenvalue weighted by Crippen LogP contribution is 2.10. The maximum absolute atomic E-state index is 3.61. The fourth-order valence-corrected chi connectivity index (χ4v) is 2.58. The Kier molecular flexibility index (Phi) is 7.06. The SMILES string of the molecule is CCCCCN(CC(C)C)CC1CCCN1. The van der Waals surface area contributed by atoms with Crippen molar-refractivity contribution in [3.05, 3.63) is 0 Å². The van der Waals surface area contributed by atoms with Gasteiger partial charge >= 0.3 is 0 Å². The summed E-state index contributed by atoms with van der Waals surface area (Å²) in [7, 11) is 0. The van der Waals surface area contributed by atoms with Gasteiger partial charge in [0.15, 0.2) is 0 Å². The predicted octanol–water partition coefficient (Wildman–Crippen LogP) is 2.89. The van der Waals surface area contributed by atoms with Crippen LogP contribution < -0.4 is 5.32 Å². The second-order valence-electron chi connectivity index (χ2n) is 5.65. The highest BCUT2D eigenvalue weighted by Gasteiger charge is 2.17. The zero-order chi connectivity index (χ0) is 11.8. The lowest BCUT2D eigenvalue weighted by molar-refractivity contribution is 0.220. The van der Waals surface area contributed by atoms with Crippen LogP contribution in [0.5, 0.6) is 0 Å². The molecule has 0 saturated carbocycles. The second-order valence-corrected chi connectivity index (χ2v) is 5.65. The molecule has 1 aliphatic rings. The summed E-state index contributed by atoms with van der Waals surface area (Å²) in [6, 6.07) is 0.764. The quantitative estimate of drug-likeness (QED) is 0.640. The fraction of sp³-hybridized carbons (Fsp3) is 1.00. The molecule has 0 aromatic carbocycles. The van der Waals surface area contributed by atoms with Crippen molar-refractivity contribution in [3.8, 4) is 0 Å². The van der Waals surface area contributed by atoms with Gasteiger partial charge in [-0.15, -0.1) is 0 Å². The van der Waals surface area contributed by atoms with Crippen molar-refractivity contribution in [2.24, 2.45) is 5.92 Å². The number of unbranched alkanes of at least 4 members (excludes halogenated alkanes) is 2. The Labute approximate surface area is 102 Å².